The van der Waals surface area contributed by atoms with E-state index in [4.69, 9.17) is 5.11 Å². The number of carboxylic acids is 1. The molecule has 2 aromatic heterocycles. The van der Waals surface area contributed by atoms with Crippen molar-refractivity contribution in [1.82, 2.24) is 13.3 Å². The second-order valence-corrected chi connectivity index (χ2v) is 5.06. The van der Waals surface area contributed by atoms with Crippen molar-refractivity contribution in [3.8, 4) is 5.82 Å². The largest absolute Gasteiger partial charge is 0.477 e. The Kier molecular flexibility index (Phi) is 3.21. The van der Waals surface area contributed by atoms with Crippen molar-refractivity contribution in [3.63, 3.8) is 0 Å². The maximum atomic E-state index is 13.8. The van der Waals surface area contributed by atoms with Crippen LogP contribution in [0.2, 0.25) is 0 Å². The van der Waals surface area contributed by atoms with Gasteiger partial charge in [0.15, 0.2) is 17.5 Å². The summed E-state index contributed by atoms with van der Waals surface area (Å²) in [5.74, 6) is -3.57. The van der Waals surface area contributed by atoms with Crippen LogP contribution in [0, 0.1) is 18.6 Å². The number of fused-ring (bicyclic) bond motifs is 1. The Morgan fingerprint density at radius 2 is 2.14 bits per heavy atom. The van der Waals surface area contributed by atoms with Crippen LogP contribution in [0.25, 0.3) is 16.7 Å². The van der Waals surface area contributed by atoms with Gasteiger partial charge in [-0.2, -0.15) is 8.75 Å². The highest BCUT2D eigenvalue weighted by Crippen LogP contribution is 2.24. The van der Waals surface area contributed by atoms with Crippen LogP contribution in [-0.4, -0.2) is 24.4 Å². The number of carbonyl (C=O) groups is 1. The topological polar surface area (TPSA) is 85.1 Å². The lowest BCUT2D eigenvalue weighted by Crippen LogP contribution is -2.20. The number of hydrogen-bond acceptors (Lipinski definition) is 5. The maximum absolute atomic E-state index is 13.8. The monoisotopic (exact) mass is 323 g/mol. The van der Waals surface area contributed by atoms with Crippen molar-refractivity contribution < 1.29 is 18.7 Å². The first kappa shape index (κ1) is 14.3. The number of pyridine rings is 1. The lowest BCUT2D eigenvalue weighted by molar-refractivity contribution is 0.0695. The van der Waals surface area contributed by atoms with Crippen LogP contribution in [0.3, 0.4) is 0 Å². The first-order valence-electron chi connectivity index (χ1n) is 5.97. The number of aryl methyl sites for hydroxylation is 1. The van der Waals surface area contributed by atoms with E-state index in [-0.39, 0.29) is 22.3 Å². The summed E-state index contributed by atoms with van der Waals surface area (Å²) in [6.07, 6.45) is 2.36. The molecule has 0 saturated carbocycles. The Bertz CT molecular complexity index is 967. The SMILES string of the molecule is Cc1c(F)c(F)cc2c1c(=O)c(C(=O)O)cn2-c1cnsn1. The quantitative estimate of drug-likeness (QED) is 0.781. The normalized spacial score (nSPS) is 11.0. The summed E-state index contributed by atoms with van der Waals surface area (Å²) in [6, 6.07) is 0.837. The molecule has 0 bridgehead atoms. The molecule has 9 heteroatoms. The molecule has 1 aromatic carbocycles. The van der Waals surface area contributed by atoms with Crippen molar-refractivity contribution in [2.24, 2.45) is 0 Å². The lowest BCUT2D eigenvalue weighted by Gasteiger charge is -2.12. The molecule has 22 heavy (non-hydrogen) atoms. The highest BCUT2D eigenvalue weighted by molar-refractivity contribution is 6.99. The van der Waals surface area contributed by atoms with Gasteiger partial charge in [-0.05, 0) is 6.92 Å². The molecule has 0 saturated heterocycles. The Hall–Kier alpha value is -2.68. The minimum Gasteiger partial charge on any atom is -0.477 e. The number of benzene rings is 1. The van der Waals surface area contributed by atoms with Crippen molar-refractivity contribution in [2.75, 3.05) is 0 Å². The molecule has 0 fully saturated rings. The smallest absolute Gasteiger partial charge is 0.341 e. The summed E-state index contributed by atoms with van der Waals surface area (Å²) in [7, 11) is 0. The molecule has 0 unspecified atom stereocenters. The van der Waals surface area contributed by atoms with E-state index >= 15 is 0 Å². The third-order valence-corrected chi connectivity index (χ3v) is 3.72. The van der Waals surface area contributed by atoms with Crippen LogP contribution >= 0.6 is 11.7 Å². The van der Waals surface area contributed by atoms with Crippen LogP contribution in [0.15, 0.2) is 23.3 Å². The van der Waals surface area contributed by atoms with Gasteiger partial charge in [-0.3, -0.25) is 9.36 Å². The highest BCUT2D eigenvalue weighted by Gasteiger charge is 2.21. The van der Waals surface area contributed by atoms with Gasteiger partial charge in [0.05, 0.1) is 28.8 Å². The Morgan fingerprint density at radius 1 is 1.41 bits per heavy atom. The minimum atomic E-state index is -1.46. The van der Waals surface area contributed by atoms with Gasteiger partial charge >= 0.3 is 5.97 Å². The number of halogens is 2. The second kappa shape index (κ2) is 4.95. The molecule has 0 amide bonds. The van der Waals surface area contributed by atoms with E-state index in [9.17, 15) is 18.4 Å². The molecule has 1 N–H and O–H groups in total. The van der Waals surface area contributed by atoms with Crippen molar-refractivity contribution in [2.45, 2.75) is 6.92 Å². The molecule has 3 rings (SSSR count). The average Bonchev–Trinajstić information content (AvgIpc) is 2.98. The summed E-state index contributed by atoms with van der Waals surface area (Å²) in [6.45, 7) is 1.22. The first-order valence-corrected chi connectivity index (χ1v) is 6.70. The standard InChI is InChI=1S/C13H7F2N3O3S/c1-5-10-8(2-7(14)11(5)15)18(9-3-16-22-17-9)4-6(12(10)19)13(20)21/h2-4H,1H3,(H,20,21). The van der Waals surface area contributed by atoms with Gasteiger partial charge in [-0.25, -0.2) is 13.6 Å². The van der Waals surface area contributed by atoms with Crippen LogP contribution in [0.1, 0.15) is 15.9 Å². The summed E-state index contributed by atoms with van der Waals surface area (Å²) < 4.78 is 36.4. The van der Waals surface area contributed by atoms with Crippen molar-refractivity contribution in [3.05, 3.63) is 51.4 Å². The predicted molar refractivity (Wildman–Crippen MR) is 74.6 cm³/mol. The fourth-order valence-electron chi connectivity index (χ4n) is 2.21. The number of hydrogen-bond donors (Lipinski definition) is 1. The molecule has 112 valence electrons. The molecule has 2 heterocycles. The van der Waals surface area contributed by atoms with Crippen LogP contribution in [0.4, 0.5) is 8.78 Å². The number of nitrogens with zero attached hydrogens (tertiary/aromatic N) is 3. The van der Waals surface area contributed by atoms with Gasteiger partial charge in [0.2, 0.25) is 5.43 Å². The van der Waals surface area contributed by atoms with Gasteiger partial charge in [-0.1, -0.05) is 0 Å². The summed E-state index contributed by atoms with van der Waals surface area (Å²) >= 11 is 0.859. The zero-order chi connectivity index (χ0) is 16.0. The van der Waals surface area contributed by atoms with E-state index in [2.05, 4.69) is 8.75 Å². The second-order valence-electron chi connectivity index (χ2n) is 4.50. The average molecular weight is 323 g/mol. The molecule has 0 radical (unpaired) electrons. The third kappa shape index (κ3) is 1.98. The van der Waals surface area contributed by atoms with E-state index < -0.39 is 28.6 Å². The Morgan fingerprint density at radius 3 is 2.73 bits per heavy atom. The fraction of sp³-hybridized carbons (Fsp3) is 0.0769. The van der Waals surface area contributed by atoms with Gasteiger partial charge in [0.25, 0.3) is 0 Å². The van der Waals surface area contributed by atoms with E-state index in [0.717, 1.165) is 24.0 Å². The summed E-state index contributed by atoms with van der Waals surface area (Å²) in [5, 5.41) is 8.95. The van der Waals surface area contributed by atoms with E-state index in [1.165, 1.54) is 17.7 Å². The first-order chi connectivity index (χ1) is 10.4. The van der Waals surface area contributed by atoms with Gasteiger partial charge in [0, 0.05) is 17.8 Å². The van der Waals surface area contributed by atoms with Crippen molar-refractivity contribution in [1.29, 1.82) is 0 Å². The molecule has 0 atom stereocenters. The molecule has 0 aliphatic heterocycles. The fourth-order valence-corrected chi connectivity index (χ4v) is 2.62. The van der Waals surface area contributed by atoms with Crippen LogP contribution in [0.5, 0.6) is 0 Å². The molecule has 0 aliphatic carbocycles. The number of aromatic nitrogens is 3. The minimum absolute atomic E-state index is 0.0269. The van der Waals surface area contributed by atoms with Gasteiger partial charge < -0.3 is 5.11 Å². The van der Waals surface area contributed by atoms with E-state index in [0.29, 0.717) is 0 Å². The lowest BCUT2D eigenvalue weighted by atomic mass is 10.1. The molecule has 3 aromatic rings. The van der Waals surface area contributed by atoms with Crippen LogP contribution < -0.4 is 5.43 Å². The van der Waals surface area contributed by atoms with Crippen LogP contribution in [-0.2, 0) is 0 Å². The molecular weight excluding hydrogens is 316 g/mol. The number of aromatic carboxylic acids is 1. The molecule has 0 aliphatic rings. The summed E-state index contributed by atoms with van der Waals surface area (Å²) in [4.78, 5) is 23.5. The molecular formula is C13H7F2N3O3S. The highest BCUT2D eigenvalue weighted by atomic mass is 32.1. The zero-order valence-electron chi connectivity index (χ0n) is 11.0. The molecule has 6 nitrogen and oxygen atoms in total. The number of carboxylic acid groups (broad SMARTS) is 1. The predicted octanol–water partition coefficient (Wildman–Crippen LogP) is 2.13. The Balaban J connectivity index is 2.58. The summed E-state index contributed by atoms with van der Waals surface area (Å²) in [5.41, 5.74) is -1.66. The molecule has 0 spiro atoms. The Labute approximate surface area is 125 Å². The van der Waals surface area contributed by atoms with Gasteiger partial charge in [0.1, 0.15) is 5.56 Å². The maximum Gasteiger partial charge on any atom is 0.341 e. The van der Waals surface area contributed by atoms with E-state index in [1.807, 2.05) is 0 Å². The third-order valence-electron chi connectivity index (χ3n) is 3.25. The number of rotatable bonds is 2. The zero-order valence-corrected chi connectivity index (χ0v) is 11.8. The van der Waals surface area contributed by atoms with Gasteiger partial charge in [-0.15, -0.1) is 0 Å². The van der Waals surface area contributed by atoms with E-state index in [1.54, 1.807) is 0 Å². The van der Waals surface area contributed by atoms with Crippen molar-refractivity contribution >= 4 is 28.6 Å².